The van der Waals surface area contributed by atoms with Crippen LogP contribution < -0.4 is 0 Å². The molecule has 0 aromatic heterocycles. The van der Waals surface area contributed by atoms with E-state index in [0.717, 1.165) is 0 Å². The molecule has 4 nitrogen and oxygen atoms in total. The van der Waals surface area contributed by atoms with E-state index in [-0.39, 0.29) is 5.57 Å². The highest BCUT2D eigenvalue weighted by Crippen LogP contribution is 2.15. The second kappa shape index (κ2) is 5.32. The molecule has 0 unspecified atom stereocenters. The maximum absolute atomic E-state index is 10.8. The van der Waals surface area contributed by atoms with E-state index in [1.807, 2.05) is 0 Å². The number of hydrogen-bond donors (Lipinski definition) is 2. The topological polar surface area (TPSA) is 74.6 Å². The monoisotopic (exact) mass is 240 g/mol. The maximum atomic E-state index is 10.8. The van der Waals surface area contributed by atoms with Crippen LogP contribution in [0.4, 0.5) is 0 Å². The minimum atomic E-state index is -1.25. The lowest BCUT2D eigenvalue weighted by molar-refractivity contribution is -0.139. The van der Waals surface area contributed by atoms with Crippen LogP contribution >= 0.6 is 11.6 Å². The van der Waals surface area contributed by atoms with Crippen LogP contribution in [0.25, 0.3) is 6.08 Å². The third-order valence-electron chi connectivity index (χ3n) is 1.81. The SMILES string of the molecule is O=C(O)C/C(=C\c1cccc(Cl)c1)C(=O)O. The standard InChI is InChI=1S/C11H9ClO4/c12-9-3-1-2-7(5-9)4-8(11(15)16)6-10(13)14/h1-5H,6H2,(H,13,14)(H,15,16)/b8-4+. The first-order valence-corrected chi connectivity index (χ1v) is 4.78. The van der Waals surface area contributed by atoms with Crippen molar-refractivity contribution in [1.82, 2.24) is 0 Å². The first-order valence-electron chi connectivity index (χ1n) is 4.40. The molecule has 0 bridgehead atoms. The normalized spacial score (nSPS) is 11.2. The first-order chi connectivity index (χ1) is 7.49. The summed E-state index contributed by atoms with van der Waals surface area (Å²) >= 11 is 5.72. The van der Waals surface area contributed by atoms with Crippen molar-refractivity contribution in [3.8, 4) is 0 Å². The lowest BCUT2D eigenvalue weighted by Crippen LogP contribution is -2.06. The average molecular weight is 241 g/mol. The fourth-order valence-electron chi connectivity index (χ4n) is 1.15. The van der Waals surface area contributed by atoms with Crippen molar-refractivity contribution in [3.05, 3.63) is 40.4 Å². The summed E-state index contributed by atoms with van der Waals surface area (Å²) in [5.41, 5.74) is 0.376. The van der Waals surface area contributed by atoms with Crippen LogP contribution in [0, 0.1) is 0 Å². The zero-order valence-corrected chi connectivity index (χ0v) is 8.94. The Morgan fingerprint density at radius 1 is 1.31 bits per heavy atom. The van der Waals surface area contributed by atoms with Gasteiger partial charge in [0.15, 0.2) is 0 Å². The van der Waals surface area contributed by atoms with Gasteiger partial charge < -0.3 is 10.2 Å². The molecule has 0 spiro atoms. The molecule has 16 heavy (non-hydrogen) atoms. The van der Waals surface area contributed by atoms with Crippen LogP contribution in [0.2, 0.25) is 5.02 Å². The third-order valence-corrected chi connectivity index (χ3v) is 2.04. The van der Waals surface area contributed by atoms with Crippen molar-refractivity contribution in [3.63, 3.8) is 0 Å². The molecule has 84 valence electrons. The molecule has 1 aromatic carbocycles. The van der Waals surface area contributed by atoms with Crippen LogP contribution in [-0.2, 0) is 9.59 Å². The minimum absolute atomic E-state index is 0.185. The smallest absolute Gasteiger partial charge is 0.332 e. The predicted molar refractivity (Wildman–Crippen MR) is 59.3 cm³/mol. The van der Waals surface area contributed by atoms with E-state index < -0.39 is 18.4 Å². The molecule has 0 saturated heterocycles. The Balaban J connectivity index is 3.02. The number of carboxylic acids is 2. The number of aliphatic carboxylic acids is 2. The molecule has 1 rings (SSSR count). The molecule has 0 radical (unpaired) electrons. The van der Waals surface area contributed by atoms with Gasteiger partial charge in [-0.1, -0.05) is 23.7 Å². The Morgan fingerprint density at radius 2 is 2.00 bits per heavy atom. The lowest BCUT2D eigenvalue weighted by atomic mass is 10.1. The number of hydrogen-bond acceptors (Lipinski definition) is 2. The Labute approximate surface area is 96.8 Å². The summed E-state index contributed by atoms with van der Waals surface area (Å²) < 4.78 is 0. The quantitative estimate of drug-likeness (QED) is 0.792. The molecule has 0 atom stereocenters. The van der Waals surface area contributed by atoms with Gasteiger partial charge in [-0.15, -0.1) is 0 Å². The summed E-state index contributed by atoms with van der Waals surface area (Å²) in [5.74, 6) is -2.43. The van der Waals surface area contributed by atoms with Gasteiger partial charge in [0.25, 0.3) is 0 Å². The zero-order valence-electron chi connectivity index (χ0n) is 8.18. The second-order valence-electron chi connectivity index (χ2n) is 3.10. The highest BCUT2D eigenvalue weighted by Gasteiger charge is 2.11. The number of carboxylic acid groups (broad SMARTS) is 2. The van der Waals surface area contributed by atoms with Gasteiger partial charge in [0.05, 0.1) is 6.42 Å². The van der Waals surface area contributed by atoms with Gasteiger partial charge in [-0.25, -0.2) is 4.79 Å². The van der Waals surface area contributed by atoms with E-state index in [4.69, 9.17) is 21.8 Å². The minimum Gasteiger partial charge on any atom is -0.481 e. The number of carbonyl (C=O) groups is 2. The van der Waals surface area contributed by atoms with Crippen LogP contribution in [0.5, 0.6) is 0 Å². The molecule has 1 aromatic rings. The van der Waals surface area contributed by atoms with Crippen molar-refractivity contribution >= 4 is 29.6 Å². The van der Waals surface area contributed by atoms with E-state index in [0.29, 0.717) is 10.6 Å². The highest BCUT2D eigenvalue weighted by atomic mass is 35.5. The van der Waals surface area contributed by atoms with Crippen LogP contribution in [-0.4, -0.2) is 22.2 Å². The molecular formula is C11H9ClO4. The van der Waals surface area contributed by atoms with Gasteiger partial charge in [-0.3, -0.25) is 4.79 Å². The fourth-order valence-corrected chi connectivity index (χ4v) is 1.35. The average Bonchev–Trinajstić information content (AvgIpc) is 2.15. The van der Waals surface area contributed by atoms with E-state index in [9.17, 15) is 9.59 Å². The molecule has 0 aliphatic heterocycles. The summed E-state index contributed by atoms with van der Waals surface area (Å²) in [6.07, 6.45) is 0.768. The van der Waals surface area contributed by atoms with Gasteiger partial charge in [0.1, 0.15) is 0 Å². The number of benzene rings is 1. The predicted octanol–water partition coefficient (Wildman–Crippen LogP) is 2.28. The molecule has 5 heteroatoms. The van der Waals surface area contributed by atoms with Crippen molar-refractivity contribution in [2.75, 3.05) is 0 Å². The largest absolute Gasteiger partial charge is 0.481 e. The Hall–Kier alpha value is -1.81. The van der Waals surface area contributed by atoms with Crippen molar-refractivity contribution in [1.29, 1.82) is 0 Å². The van der Waals surface area contributed by atoms with Crippen LogP contribution in [0.3, 0.4) is 0 Å². The summed E-state index contributed by atoms with van der Waals surface area (Å²) in [6.45, 7) is 0. The molecule has 0 amide bonds. The van der Waals surface area contributed by atoms with Crippen LogP contribution in [0.1, 0.15) is 12.0 Å². The number of halogens is 1. The molecule has 0 aliphatic rings. The fraction of sp³-hybridized carbons (Fsp3) is 0.0909. The van der Waals surface area contributed by atoms with Gasteiger partial charge >= 0.3 is 11.9 Å². The second-order valence-corrected chi connectivity index (χ2v) is 3.54. The van der Waals surface area contributed by atoms with Crippen molar-refractivity contribution in [2.45, 2.75) is 6.42 Å². The summed E-state index contributed by atoms with van der Waals surface area (Å²) in [5, 5.41) is 17.8. The molecular weight excluding hydrogens is 232 g/mol. The van der Waals surface area contributed by atoms with E-state index in [2.05, 4.69) is 0 Å². The highest BCUT2D eigenvalue weighted by molar-refractivity contribution is 6.30. The molecule has 0 fully saturated rings. The van der Waals surface area contributed by atoms with Gasteiger partial charge in [0, 0.05) is 10.6 Å². The molecule has 0 aliphatic carbocycles. The van der Waals surface area contributed by atoms with E-state index in [1.54, 1.807) is 24.3 Å². The summed E-state index contributed by atoms with van der Waals surface area (Å²) in [7, 11) is 0. The van der Waals surface area contributed by atoms with Gasteiger partial charge in [-0.2, -0.15) is 0 Å². The Morgan fingerprint density at radius 3 is 2.50 bits per heavy atom. The summed E-state index contributed by atoms with van der Waals surface area (Å²) in [6, 6.07) is 6.52. The zero-order chi connectivity index (χ0) is 12.1. The van der Waals surface area contributed by atoms with E-state index >= 15 is 0 Å². The van der Waals surface area contributed by atoms with Gasteiger partial charge in [-0.05, 0) is 23.8 Å². The van der Waals surface area contributed by atoms with E-state index in [1.165, 1.54) is 6.08 Å². The Bertz CT molecular complexity index is 451. The third kappa shape index (κ3) is 3.74. The molecule has 0 saturated carbocycles. The molecule has 2 N–H and O–H groups in total. The first kappa shape index (κ1) is 12.3. The summed E-state index contributed by atoms with van der Waals surface area (Å²) in [4.78, 5) is 21.2. The maximum Gasteiger partial charge on any atom is 0.332 e. The Kier molecular flexibility index (Phi) is 4.08. The lowest BCUT2D eigenvalue weighted by Gasteiger charge is -1.99. The van der Waals surface area contributed by atoms with Crippen molar-refractivity contribution < 1.29 is 19.8 Å². The van der Waals surface area contributed by atoms with Crippen molar-refractivity contribution in [2.24, 2.45) is 0 Å². The van der Waals surface area contributed by atoms with Crippen LogP contribution in [0.15, 0.2) is 29.8 Å². The van der Waals surface area contributed by atoms with Gasteiger partial charge in [0.2, 0.25) is 0 Å². The molecule has 0 heterocycles. The number of rotatable bonds is 4.